The second kappa shape index (κ2) is 11.3. The molecule has 0 saturated heterocycles. The first kappa shape index (κ1) is 18.5. The van der Waals surface area contributed by atoms with Crippen molar-refractivity contribution in [2.24, 2.45) is 0 Å². The monoisotopic (exact) mass is 295 g/mol. The van der Waals surface area contributed by atoms with Crippen molar-refractivity contribution >= 4 is 12.1 Å². The molecular weight excluding hydrogens is 274 g/mol. The highest BCUT2D eigenvalue weighted by atomic mass is 16.5. The maximum absolute atomic E-state index is 10.5. The van der Waals surface area contributed by atoms with Crippen LogP contribution in [0.5, 0.6) is 0 Å². The van der Waals surface area contributed by atoms with Crippen molar-refractivity contribution in [3.8, 4) is 0 Å². The molecule has 1 aromatic rings. The summed E-state index contributed by atoms with van der Waals surface area (Å²) in [5.74, 6) is -0.207. The fourth-order valence-corrected chi connectivity index (χ4v) is 1.10. The number of alkyl carbamates (subject to hydrolysis) is 1. The number of nitrogens with one attached hydrogen (secondary N) is 1. The number of aliphatic hydroxyl groups is 1. The summed E-state index contributed by atoms with van der Waals surface area (Å²) in [6, 6.07) is 9.60. The molecule has 0 aliphatic rings. The lowest BCUT2D eigenvalue weighted by atomic mass is 10.2. The van der Waals surface area contributed by atoms with Crippen molar-refractivity contribution in [2.45, 2.75) is 27.4 Å². The number of ether oxygens (including phenoxy) is 2. The number of hydrogen-bond donors (Lipinski definition) is 2. The Morgan fingerprint density at radius 2 is 1.81 bits per heavy atom. The van der Waals surface area contributed by atoms with Gasteiger partial charge in [-0.3, -0.25) is 10.1 Å². The van der Waals surface area contributed by atoms with Gasteiger partial charge in [-0.2, -0.15) is 0 Å². The second-order valence-corrected chi connectivity index (χ2v) is 3.92. The highest BCUT2D eigenvalue weighted by molar-refractivity contribution is 5.68. The first-order valence-corrected chi connectivity index (χ1v) is 6.42. The van der Waals surface area contributed by atoms with Gasteiger partial charge in [0, 0.05) is 13.1 Å². The van der Waals surface area contributed by atoms with Crippen molar-refractivity contribution in [3.05, 3.63) is 47.9 Å². The molecule has 116 valence electrons. The second-order valence-electron chi connectivity index (χ2n) is 3.92. The van der Waals surface area contributed by atoms with Crippen LogP contribution in [0.15, 0.2) is 42.3 Å². The van der Waals surface area contributed by atoms with Crippen molar-refractivity contribution in [1.82, 2.24) is 5.32 Å². The molecule has 1 rings (SSSR count). The molecule has 0 atom stereocenters. The lowest BCUT2D eigenvalue weighted by Gasteiger charge is -1.99. The van der Waals surface area contributed by atoms with E-state index in [0.29, 0.717) is 13.2 Å². The van der Waals surface area contributed by atoms with Gasteiger partial charge in [-0.1, -0.05) is 30.3 Å². The predicted octanol–water partition coefficient (Wildman–Crippen LogP) is 2.90. The van der Waals surface area contributed by atoms with Crippen molar-refractivity contribution in [1.29, 1.82) is 0 Å². The molecule has 0 radical (unpaired) electrons. The SMILES string of the molecule is CC(=O)OCc1ccccc1.CCOC(=O)N/C=C(\C)O. The molecule has 0 aliphatic carbocycles. The van der Waals surface area contributed by atoms with Crippen molar-refractivity contribution in [3.63, 3.8) is 0 Å². The van der Waals surface area contributed by atoms with Crippen molar-refractivity contribution < 1.29 is 24.2 Å². The average Bonchev–Trinajstić information content (AvgIpc) is 2.45. The summed E-state index contributed by atoms with van der Waals surface area (Å²) in [5.41, 5.74) is 1.02. The number of rotatable bonds is 4. The van der Waals surface area contributed by atoms with Crippen LogP contribution in [0.2, 0.25) is 0 Å². The van der Waals surface area contributed by atoms with Gasteiger partial charge in [0.2, 0.25) is 0 Å². The van der Waals surface area contributed by atoms with Gasteiger partial charge in [0.15, 0.2) is 0 Å². The third-order valence-corrected chi connectivity index (χ3v) is 1.96. The topological polar surface area (TPSA) is 84.9 Å². The van der Waals surface area contributed by atoms with Crippen LogP contribution >= 0.6 is 0 Å². The van der Waals surface area contributed by atoms with Gasteiger partial charge in [-0.05, 0) is 19.4 Å². The minimum Gasteiger partial charge on any atom is -0.511 e. The quantitative estimate of drug-likeness (QED) is 0.659. The Morgan fingerprint density at radius 3 is 2.29 bits per heavy atom. The minimum absolute atomic E-state index is 0.0352. The molecule has 6 heteroatoms. The number of allylic oxidation sites excluding steroid dienone is 1. The van der Waals surface area contributed by atoms with Crippen LogP contribution in [0, 0.1) is 0 Å². The lowest BCUT2D eigenvalue weighted by molar-refractivity contribution is -0.142. The molecule has 1 aromatic carbocycles. The Bertz CT molecular complexity index is 452. The van der Waals surface area contributed by atoms with E-state index < -0.39 is 6.09 Å². The molecule has 0 heterocycles. The Kier molecular flexibility index (Phi) is 9.99. The Labute approximate surface area is 124 Å². The molecule has 0 aromatic heterocycles. The van der Waals surface area contributed by atoms with E-state index in [9.17, 15) is 9.59 Å². The predicted molar refractivity (Wildman–Crippen MR) is 78.5 cm³/mol. The Balaban J connectivity index is 0.000000384. The molecule has 21 heavy (non-hydrogen) atoms. The molecule has 2 N–H and O–H groups in total. The van der Waals surface area contributed by atoms with Gasteiger partial charge in [0.25, 0.3) is 0 Å². The number of carbonyl (C=O) groups is 2. The fraction of sp³-hybridized carbons (Fsp3) is 0.333. The van der Waals surface area contributed by atoms with Gasteiger partial charge < -0.3 is 14.6 Å². The summed E-state index contributed by atoms with van der Waals surface area (Å²) < 4.78 is 9.28. The highest BCUT2D eigenvalue weighted by Gasteiger charge is 1.94. The first-order valence-electron chi connectivity index (χ1n) is 6.42. The first-order chi connectivity index (χ1) is 9.95. The van der Waals surface area contributed by atoms with Crippen LogP contribution < -0.4 is 5.32 Å². The van der Waals surface area contributed by atoms with Crippen molar-refractivity contribution in [2.75, 3.05) is 6.61 Å². The van der Waals surface area contributed by atoms with E-state index in [2.05, 4.69) is 10.1 Å². The van der Waals surface area contributed by atoms with Gasteiger partial charge >= 0.3 is 12.1 Å². The van der Waals surface area contributed by atoms with E-state index in [1.807, 2.05) is 30.3 Å². The smallest absolute Gasteiger partial charge is 0.411 e. The molecule has 0 spiro atoms. The summed E-state index contributed by atoms with van der Waals surface area (Å²) >= 11 is 0. The number of esters is 1. The molecule has 0 bridgehead atoms. The molecule has 0 unspecified atom stereocenters. The van der Waals surface area contributed by atoms with E-state index in [1.54, 1.807) is 6.92 Å². The van der Waals surface area contributed by atoms with E-state index in [1.165, 1.54) is 13.8 Å². The average molecular weight is 295 g/mol. The van der Waals surface area contributed by atoms with Crippen LogP contribution in [-0.4, -0.2) is 23.8 Å². The Hall–Kier alpha value is -2.50. The third-order valence-electron chi connectivity index (χ3n) is 1.96. The van der Waals surface area contributed by atoms with Crippen LogP contribution in [0.4, 0.5) is 4.79 Å². The maximum Gasteiger partial charge on any atom is 0.411 e. The van der Waals surface area contributed by atoms with E-state index in [0.717, 1.165) is 11.8 Å². The summed E-state index contributed by atoms with van der Waals surface area (Å²) in [7, 11) is 0. The zero-order valence-electron chi connectivity index (χ0n) is 12.5. The van der Waals surface area contributed by atoms with Gasteiger partial charge in [0.05, 0.1) is 6.61 Å². The standard InChI is InChI=1S/C9H10O2.C6H11NO3/c1-8(10)11-7-9-5-3-2-4-6-9;1-3-10-6(9)7-4-5(2)8/h2-6H,7H2,1H3;4,8H,3H2,1-2H3,(H,7,9)/b;5-4+. The van der Waals surface area contributed by atoms with Gasteiger partial charge in [-0.25, -0.2) is 4.79 Å². The highest BCUT2D eigenvalue weighted by Crippen LogP contribution is 1.99. The minimum atomic E-state index is -0.559. The zero-order chi connectivity index (χ0) is 16.1. The number of benzene rings is 1. The van der Waals surface area contributed by atoms with E-state index in [4.69, 9.17) is 9.84 Å². The van der Waals surface area contributed by atoms with E-state index >= 15 is 0 Å². The largest absolute Gasteiger partial charge is 0.511 e. The number of carbonyl (C=O) groups excluding carboxylic acids is 2. The van der Waals surface area contributed by atoms with E-state index in [-0.39, 0.29) is 11.7 Å². The van der Waals surface area contributed by atoms with Crippen LogP contribution in [0.25, 0.3) is 0 Å². The van der Waals surface area contributed by atoms with Crippen LogP contribution in [-0.2, 0) is 20.9 Å². The summed E-state index contributed by atoms with van der Waals surface area (Å²) in [6.45, 7) is 5.25. The number of amides is 1. The summed E-state index contributed by atoms with van der Waals surface area (Å²) in [6.07, 6.45) is 0.605. The van der Waals surface area contributed by atoms with Gasteiger partial charge in [-0.15, -0.1) is 0 Å². The van der Waals surface area contributed by atoms with Gasteiger partial charge in [0.1, 0.15) is 12.4 Å². The molecule has 1 amide bonds. The molecule has 0 saturated carbocycles. The molecule has 0 fully saturated rings. The summed E-state index contributed by atoms with van der Waals surface area (Å²) in [5, 5.41) is 10.8. The van der Waals surface area contributed by atoms with Crippen LogP contribution in [0.1, 0.15) is 26.3 Å². The normalized spacial score (nSPS) is 9.95. The third kappa shape index (κ3) is 12.3. The molecule has 6 nitrogen and oxygen atoms in total. The Morgan fingerprint density at radius 1 is 1.19 bits per heavy atom. The number of aliphatic hydroxyl groups excluding tert-OH is 1. The maximum atomic E-state index is 10.5. The zero-order valence-corrected chi connectivity index (χ0v) is 12.5. The lowest BCUT2D eigenvalue weighted by Crippen LogP contribution is -2.18. The molecular formula is C15H21NO5. The van der Waals surface area contributed by atoms with Crippen LogP contribution in [0.3, 0.4) is 0 Å². The number of hydrogen-bond acceptors (Lipinski definition) is 5. The fourth-order valence-electron chi connectivity index (χ4n) is 1.10. The summed E-state index contributed by atoms with van der Waals surface area (Å²) in [4.78, 5) is 20.9. The molecule has 0 aliphatic heterocycles.